The number of carbonyl (C=O) groups is 1. The second-order valence-corrected chi connectivity index (χ2v) is 5.10. The minimum atomic E-state index is 0.0159. The number of carbonyl (C=O) groups excluding carboxylic acids is 1. The molecule has 1 amide bonds. The topological polar surface area (TPSA) is 53.0 Å². The minimum Gasteiger partial charge on any atom is -0.352 e. The second kappa shape index (κ2) is 4.92. The maximum absolute atomic E-state index is 12.1. The van der Waals surface area contributed by atoms with Gasteiger partial charge in [0.15, 0.2) is 0 Å². The van der Waals surface area contributed by atoms with E-state index < -0.39 is 0 Å². The average molecular weight is 244 g/mol. The summed E-state index contributed by atoms with van der Waals surface area (Å²) in [6.07, 6.45) is 3.74. The lowest BCUT2D eigenvalue weighted by Crippen LogP contribution is -2.33. The molecular weight excluding hydrogens is 224 g/mol. The highest BCUT2D eigenvalue weighted by Gasteiger charge is 2.27. The molecule has 0 aromatic heterocycles. The van der Waals surface area contributed by atoms with E-state index in [1.165, 1.54) is 0 Å². The van der Waals surface area contributed by atoms with Gasteiger partial charge in [-0.3, -0.25) is 4.79 Å². The SMILES string of the molecule is C=C1CCCC(C2=C(C)CCNC2=O)=C1C(C)=N. The zero-order valence-corrected chi connectivity index (χ0v) is 11.2. The molecule has 96 valence electrons. The maximum atomic E-state index is 12.1. The van der Waals surface area contributed by atoms with Crippen LogP contribution >= 0.6 is 0 Å². The van der Waals surface area contributed by atoms with Crippen LogP contribution in [0.2, 0.25) is 0 Å². The molecular formula is C15H20N2O. The Hall–Kier alpha value is -1.64. The van der Waals surface area contributed by atoms with E-state index in [-0.39, 0.29) is 5.91 Å². The van der Waals surface area contributed by atoms with E-state index in [4.69, 9.17) is 5.41 Å². The number of hydrogen-bond acceptors (Lipinski definition) is 2. The van der Waals surface area contributed by atoms with Crippen LogP contribution in [0.4, 0.5) is 0 Å². The Morgan fingerprint density at radius 1 is 1.33 bits per heavy atom. The van der Waals surface area contributed by atoms with Crippen LogP contribution in [-0.2, 0) is 4.79 Å². The normalized spacial score (nSPS) is 21.2. The Bertz CT molecular complexity index is 495. The highest BCUT2D eigenvalue weighted by atomic mass is 16.1. The van der Waals surface area contributed by atoms with Gasteiger partial charge >= 0.3 is 0 Å². The fourth-order valence-corrected chi connectivity index (χ4v) is 2.85. The van der Waals surface area contributed by atoms with Crippen LogP contribution in [0.5, 0.6) is 0 Å². The lowest BCUT2D eigenvalue weighted by atomic mass is 9.80. The molecule has 3 heteroatoms. The Labute approximate surface area is 108 Å². The maximum Gasteiger partial charge on any atom is 0.251 e. The minimum absolute atomic E-state index is 0.0159. The fraction of sp³-hybridized carbons (Fsp3) is 0.467. The Kier molecular flexibility index (Phi) is 3.50. The van der Waals surface area contributed by atoms with Crippen molar-refractivity contribution in [2.75, 3.05) is 6.54 Å². The van der Waals surface area contributed by atoms with E-state index in [2.05, 4.69) is 11.9 Å². The molecule has 0 unspecified atom stereocenters. The fourth-order valence-electron chi connectivity index (χ4n) is 2.85. The summed E-state index contributed by atoms with van der Waals surface area (Å²) in [6, 6.07) is 0. The van der Waals surface area contributed by atoms with Gasteiger partial charge in [-0.1, -0.05) is 12.2 Å². The predicted octanol–water partition coefficient (Wildman–Crippen LogP) is 2.90. The summed E-state index contributed by atoms with van der Waals surface area (Å²) in [5, 5.41) is 10.8. The van der Waals surface area contributed by atoms with Crippen molar-refractivity contribution in [3.8, 4) is 0 Å². The van der Waals surface area contributed by atoms with Gasteiger partial charge < -0.3 is 10.7 Å². The molecule has 0 aromatic carbocycles. The van der Waals surface area contributed by atoms with Gasteiger partial charge in [0, 0.05) is 23.4 Å². The predicted molar refractivity (Wildman–Crippen MR) is 73.7 cm³/mol. The summed E-state index contributed by atoms with van der Waals surface area (Å²) >= 11 is 0. The third-order valence-electron chi connectivity index (χ3n) is 3.68. The lowest BCUT2D eigenvalue weighted by Gasteiger charge is -2.27. The van der Waals surface area contributed by atoms with Crippen molar-refractivity contribution in [2.24, 2.45) is 0 Å². The first-order chi connectivity index (χ1) is 8.52. The molecule has 0 saturated carbocycles. The second-order valence-electron chi connectivity index (χ2n) is 5.10. The summed E-state index contributed by atoms with van der Waals surface area (Å²) in [7, 11) is 0. The highest BCUT2D eigenvalue weighted by Crippen LogP contribution is 2.35. The average Bonchev–Trinajstić information content (AvgIpc) is 2.28. The van der Waals surface area contributed by atoms with Crippen LogP contribution in [0.1, 0.15) is 39.5 Å². The Morgan fingerprint density at radius 2 is 2.06 bits per heavy atom. The van der Waals surface area contributed by atoms with Gasteiger partial charge in [-0.2, -0.15) is 0 Å². The van der Waals surface area contributed by atoms with Crippen molar-refractivity contribution in [3.63, 3.8) is 0 Å². The molecule has 0 aromatic rings. The van der Waals surface area contributed by atoms with Gasteiger partial charge in [0.2, 0.25) is 0 Å². The first-order valence-electron chi connectivity index (χ1n) is 6.47. The third kappa shape index (κ3) is 2.17. The molecule has 18 heavy (non-hydrogen) atoms. The first-order valence-corrected chi connectivity index (χ1v) is 6.47. The third-order valence-corrected chi connectivity index (χ3v) is 3.68. The summed E-state index contributed by atoms with van der Waals surface area (Å²) in [5.74, 6) is 0.0159. The molecule has 0 radical (unpaired) electrons. The van der Waals surface area contributed by atoms with Gasteiger partial charge in [-0.15, -0.1) is 0 Å². The molecule has 2 rings (SSSR count). The van der Waals surface area contributed by atoms with Gasteiger partial charge in [0.1, 0.15) is 0 Å². The number of nitrogens with one attached hydrogen (secondary N) is 2. The lowest BCUT2D eigenvalue weighted by molar-refractivity contribution is -0.117. The first kappa shape index (κ1) is 12.8. The van der Waals surface area contributed by atoms with Crippen molar-refractivity contribution in [2.45, 2.75) is 39.5 Å². The van der Waals surface area contributed by atoms with Gasteiger partial charge in [0.25, 0.3) is 5.91 Å². The molecule has 3 nitrogen and oxygen atoms in total. The summed E-state index contributed by atoms with van der Waals surface area (Å²) in [4.78, 5) is 12.1. The molecule has 0 fully saturated rings. The van der Waals surface area contributed by atoms with Crippen molar-refractivity contribution in [3.05, 3.63) is 34.4 Å². The molecule has 0 bridgehead atoms. The number of rotatable bonds is 2. The zero-order valence-electron chi connectivity index (χ0n) is 11.2. The quantitative estimate of drug-likeness (QED) is 0.721. The molecule has 0 atom stereocenters. The van der Waals surface area contributed by atoms with Crippen molar-refractivity contribution >= 4 is 11.6 Å². The van der Waals surface area contributed by atoms with Crippen LogP contribution in [0.15, 0.2) is 34.4 Å². The van der Waals surface area contributed by atoms with E-state index in [0.717, 1.165) is 60.1 Å². The standard InChI is InChI=1S/C15H20N2O/c1-9-5-4-6-12(13(9)11(3)16)14-10(2)7-8-17-15(14)18/h16H,1,4-8H2,2-3H3,(H,17,18). The van der Waals surface area contributed by atoms with Gasteiger partial charge in [-0.05, 0) is 50.7 Å². The Morgan fingerprint density at radius 3 is 2.67 bits per heavy atom. The smallest absolute Gasteiger partial charge is 0.251 e. The van der Waals surface area contributed by atoms with Crippen LogP contribution in [0.25, 0.3) is 0 Å². The molecule has 2 N–H and O–H groups in total. The highest BCUT2D eigenvalue weighted by molar-refractivity contribution is 6.06. The Balaban J connectivity index is 2.59. The van der Waals surface area contributed by atoms with E-state index >= 15 is 0 Å². The van der Waals surface area contributed by atoms with Crippen molar-refractivity contribution in [1.29, 1.82) is 5.41 Å². The van der Waals surface area contributed by atoms with Crippen LogP contribution < -0.4 is 5.32 Å². The van der Waals surface area contributed by atoms with Gasteiger partial charge in [-0.25, -0.2) is 0 Å². The molecule has 0 saturated heterocycles. The molecule has 0 spiro atoms. The largest absolute Gasteiger partial charge is 0.352 e. The number of allylic oxidation sites excluding steroid dienone is 2. The zero-order chi connectivity index (χ0) is 13.3. The molecule has 1 aliphatic carbocycles. The number of amides is 1. The monoisotopic (exact) mass is 244 g/mol. The van der Waals surface area contributed by atoms with Crippen molar-refractivity contribution in [1.82, 2.24) is 5.32 Å². The summed E-state index contributed by atoms with van der Waals surface area (Å²) < 4.78 is 0. The van der Waals surface area contributed by atoms with E-state index in [1.54, 1.807) is 6.92 Å². The van der Waals surface area contributed by atoms with Crippen LogP contribution in [0.3, 0.4) is 0 Å². The van der Waals surface area contributed by atoms with Gasteiger partial charge in [0.05, 0.1) is 0 Å². The molecule has 2 aliphatic rings. The van der Waals surface area contributed by atoms with E-state index in [9.17, 15) is 4.79 Å². The van der Waals surface area contributed by atoms with Crippen LogP contribution in [-0.4, -0.2) is 18.2 Å². The summed E-state index contributed by atoms with van der Waals surface area (Å²) in [6.45, 7) is 8.59. The van der Waals surface area contributed by atoms with E-state index in [0.29, 0.717) is 5.71 Å². The van der Waals surface area contributed by atoms with E-state index in [1.807, 2.05) is 6.92 Å². The van der Waals surface area contributed by atoms with Crippen molar-refractivity contribution < 1.29 is 4.79 Å². The molecule has 1 heterocycles. The van der Waals surface area contributed by atoms with Crippen LogP contribution in [0, 0.1) is 5.41 Å². The summed E-state index contributed by atoms with van der Waals surface area (Å²) in [5.41, 5.74) is 5.42. The molecule has 1 aliphatic heterocycles. The number of hydrogen-bond donors (Lipinski definition) is 2.